The molecule has 0 aliphatic carbocycles. The van der Waals surface area contributed by atoms with E-state index in [2.05, 4.69) is 0 Å². The van der Waals surface area contributed by atoms with Crippen molar-refractivity contribution in [3.8, 4) is 0 Å². The molecule has 0 aliphatic heterocycles. The van der Waals surface area contributed by atoms with Crippen molar-refractivity contribution in [3.63, 3.8) is 0 Å². The Morgan fingerprint density at radius 2 is 1.56 bits per heavy atom. The Kier molecular flexibility index (Phi) is 4.96. The van der Waals surface area contributed by atoms with E-state index in [1.165, 1.54) is 0 Å². The number of rotatable bonds is 4. The van der Waals surface area contributed by atoms with Gasteiger partial charge in [0.2, 0.25) is 0 Å². The van der Waals surface area contributed by atoms with Crippen molar-refractivity contribution >= 4 is 30.5 Å². The fourth-order valence-electron chi connectivity index (χ4n) is 0.398. The molecule has 56 valence electrons. The molecule has 0 rings (SSSR count). The summed E-state index contributed by atoms with van der Waals surface area (Å²) in [5.74, 6) is 0.704. The summed E-state index contributed by atoms with van der Waals surface area (Å²) in [7, 11) is -2.46. The van der Waals surface area contributed by atoms with Crippen LogP contribution < -0.4 is 5.50 Å². The van der Waals surface area contributed by atoms with E-state index in [4.69, 9.17) is 28.7 Å². The first-order valence-corrected chi connectivity index (χ1v) is 5.82. The van der Waals surface area contributed by atoms with E-state index < -0.39 is 7.29 Å². The summed E-state index contributed by atoms with van der Waals surface area (Å²) in [6, 6.07) is 0. The van der Waals surface area contributed by atoms with Gasteiger partial charge in [0.25, 0.3) is 0 Å². The molecule has 0 heterocycles. The predicted molar refractivity (Wildman–Crippen MR) is 43.0 cm³/mol. The highest BCUT2D eigenvalue weighted by Gasteiger charge is 2.12. The van der Waals surface area contributed by atoms with Gasteiger partial charge in [0.1, 0.15) is 7.29 Å². The first-order valence-electron chi connectivity index (χ1n) is 2.61. The van der Waals surface area contributed by atoms with Crippen LogP contribution in [0.1, 0.15) is 0 Å². The van der Waals surface area contributed by atoms with Crippen LogP contribution in [0, 0.1) is 0 Å². The molecule has 2 N–H and O–H groups in total. The van der Waals surface area contributed by atoms with Crippen LogP contribution in [0.3, 0.4) is 0 Å². The lowest BCUT2D eigenvalue weighted by Gasteiger charge is -2.06. The number of halogens is 2. The van der Waals surface area contributed by atoms with Crippen molar-refractivity contribution in [2.75, 3.05) is 24.1 Å². The molecule has 0 unspecified atom stereocenters. The van der Waals surface area contributed by atoms with E-state index in [1.807, 2.05) is 0 Å². The maximum Gasteiger partial charge on any atom is 0.147 e. The average molecular weight is 190 g/mol. The highest BCUT2D eigenvalue weighted by atomic mass is 35.5. The van der Waals surface area contributed by atoms with Crippen molar-refractivity contribution in [1.82, 2.24) is 0 Å². The van der Waals surface area contributed by atoms with Crippen LogP contribution in [0.5, 0.6) is 0 Å². The Hall–Kier alpha value is 0.770. The molecule has 2 nitrogen and oxygen atoms in total. The monoisotopic (exact) mass is 189 g/mol. The second-order valence-corrected chi connectivity index (χ2v) is 5.33. The lowest BCUT2D eigenvalue weighted by Crippen LogP contribution is -2.05. The average Bonchev–Trinajstić information content (AvgIpc) is 1.64. The van der Waals surface area contributed by atoms with E-state index in [9.17, 15) is 4.57 Å². The third kappa shape index (κ3) is 5.23. The fourth-order valence-corrected chi connectivity index (χ4v) is 2.91. The Labute approximate surface area is 65.1 Å². The van der Waals surface area contributed by atoms with Crippen molar-refractivity contribution in [2.45, 2.75) is 0 Å². The van der Waals surface area contributed by atoms with Crippen LogP contribution in [-0.4, -0.2) is 24.1 Å². The predicted octanol–water partition coefficient (Wildman–Crippen LogP) is 1.70. The fraction of sp³-hybridized carbons (Fsp3) is 1.00. The summed E-state index contributed by atoms with van der Waals surface area (Å²) in [5.41, 5.74) is 5.32. The largest absolute Gasteiger partial charge is 0.307 e. The van der Waals surface area contributed by atoms with E-state index >= 15 is 0 Å². The molecule has 0 amide bonds. The highest BCUT2D eigenvalue weighted by molar-refractivity contribution is 7.61. The molecule has 5 heteroatoms. The van der Waals surface area contributed by atoms with Gasteiger partial charge in [0.15, 0.2) is 0 Å². The smallest absolute Gasteiger partial charge is 0.147 e. The van der Waals surface area contributed by atoms with Gasteiger partial charge in [0.05, 0.1) is 0 Å². The zero-order valence-electron chi connectivity index (χ0n) is 5.02. The molecular formula is C4H10Cl2NOP. The van der Waals surface area contributed by atoms with Crippen LogP contribution in [0.25, 0.3) is 0 Å². The van der Waals surface area contributed by atoms with Gasteiger partial charge in [-0.3, -0.25) is 5.50 Å². The minimum absolute atomic E-state index is 0.352. The van der Waals surface area contributed by atoms with Crippen LogP contribution in [0.15, 0.2) is 0 Å². The van der Waals surface area contributed by atoms with E-state index in [1.54, 1.807) is 0 Å². The topological polar surface area (TPSA) is 43.1 Å². The first-order chi connectivity index (χ1) is 4.12. The van der Waals surface area contributed by atoms with Gasteiger partial charge in [-0.25, -0.2) is 0 Å². The molecule has 0 radical (unpaired) electrons. The molecule has 9 heavy (non-hydrogen) atoms. The summed E-state index contributed by atoms with van der Waals surface area (Å²) in [4.78, 5) is 0. The summed E-state index contributed by atoms with van der Waals surface area (Å²) in [5, 5.41) is 0. The molecule has 0 saturated carbocycles. The minimum Gasteiger partial charge on any atom is -0.307 e. The number of nitrogens with two attached hydrogens (primary N) is 1. The Balaban J connectivity index is 3.58. The molecule has 0 fully saturated rings. The van der Waals surface area contributed by atoms with Crippen LogP contribution >= 0.6 is 30.5 Å². The third-order valence-electron chi connectivity index (χ3n) is 0.926. The zero-order valence-corrected chi connectivity index (χ0v) is 7.42. The van der Waals surface area contributed by atoms with Crippen molar-refractivity contribution in [3.05, 3.63) is 0 Å². The quantitative estimate of drug-likeness (QED) is 0.541. The maximum absolute atomic E-state index is 11.0. The Morgan fingerprint density at radius 1 is 1.22 bits per heavy atom. The molecule has 0 aromatic rings. The molecule has 0 aromatic heterocycles. The number of hydrogen-bond donors (Lipinski definition) is 1. The lowest BCUT2D eigenvalue weighted by molar-refractivity contribution is 0.577. The van der Waals surface area contributed by atoms with Gasteiger partial charge in [-0.15, -0.1) is 23.2 Å². The second-order valence-electron chi connectivity index (χ2n) is 1.78. The number of hydrogen-bond acceptors (Lipinski definition) is 1. The Morgan fingerprint density at radius 3 is 1.78 bits per heavy atom. The van der Waals surface area contributed by atoms with E-state index in [-0.39, 0.29) is 0 Å². The number of alkyl halides is 2. The SMILES string of the molecule is NP(=O)(CCCl)CCCl. The van der Waals surface area contributed by atoms with Gasteiger partial charge in [-0.05, 0) is 0 Å². The van der Waals surface area contributed by atoms with Crippen molar-refractivity contribution < 1.29 is 4.57 Å². The van der Waals surface area contributed by atoms with Gasteiger partial charge in [0, 0.05) is 24.1 Å². The van der Waals surface area contributed by atoms with Crippen LogP contribution in [-0.2, 0) is 4.57 Å². The summed E-state index contributed by atoms with van der Waals surface area (Å²) >= 11 is 10.7. The second kappa shape index (κ2) is 4.56. The van der Waals surface area contributed by atoms with Crippen LogP contribution in [0.4, 0.5) is 0 Å². The normalized spacial score (nSPS) is 11.9. The molecule has 0 bridgehead atoms. The summed E-state index contributed by atoms with van der Waals surface area (Å²) in [6.45, 7) is 0. The summed E-state index contributed by atoms with van der Waals surface area (Å²) < 4.78 is 11.0. The minimum atomic E-state index is -2.46. The van der Waals surface area contributed by atoms with E-state index in [0.29, 0.717) is 24.1 Å². The molecule has 0 aromatic carbocycles. The molecule has 0 spiro atoms. The third-order valence-corrected chi connectivity index (χ3v) is 3.79. The van der Waals surface area contributed by atoms with Crippen molar-refractivity contribution in [2.24, 2.45) is 5.50 Å². The van der Waals surface area contributed by atoms with Gasteiger partial charge in [-0.1, -0.05) is 0 Å². The standard InChI is InChI=1S/C4H10Cl2NOP/c5-1-3-9(7,8)4-2-6/h1-4H2,(H2,7,8). The zero-order chi connectivity index (χ0) is 7.33. The van der Waals surface area contributed by atoms with E-state index in [0.717, 1.165) is 0 Å². The Bertz CT molecular complexity index is 109. The van der Waals surface area contributed by atoms with Gasteiger partial charge in [-0.2, -0.15) is 0 Å². The summed E-state index contributed by atoms with van der Waals surface area (Å²) in [6.07, 6.45) is 0.780. The van der Waals surface area contributed by atoms with Gasteiger partial charge < -0.3 is 4.57 Å². The first kappa shape index (κ1) is 9.77. The maximum atomic E-state index is 11.0. The molecular weight excluding hydrogens is 180 g/mol. The molecule has 0 aliphatic rings. The van der Waals surface area contributed by atoms with Crippen molar-refractivity contribution in [1.29, 1.82) is 0 Å². The molecule has 0 atom stereocenters. The lowest BCUT2D eigenvalue weighted by atomic mass is 10.9. The van der Waals surface area contributed by atoms with Crippen LogP contribution in [0.2, 0.25) is 0 Å². The molecule has 0 saturated heterocycles. The highest BCUT2D eigenvalue weighted by Crippen LogP contribution is 2.35. The van der Waals surface area contributed by atoms with Gasteiger partial charge >= 0.3 is 0 Å².